The molecule has 6 heteroatoms. The zero-order valence-corrected chi connectivity index (χ0v) is 14.0. The molecule has 1 amide bonds. The van der Waals surface area contributed by atoms with Crippen molar-refractivity contribution < 1.29 is 4.79 Å². The number of hydrogen-bond donors (Lipinski definition) is 0. The van der Waals surface area contributed by atoms with Crippen LogP contribution in [0.5, 0.6) is 0 Å². The summed E-state index contributed by atoms with van der Waals surface area (Å²) < 4.78 is 0. The Morgan fingerprint density at radius 2 is 1.88 bits per heavy atom. The summed E-state index contributed by atoms with van der Waals surface area (Å²) >= 11 is 0. The van der Waals surface area contributed by atoms with Crippen molar-refractivity contribution in [3.05, 3.63) is 71.5 Å². The number of amides is 1. The van der Waals surface area contributed by atoms with Crippen molar-refractivity contribution in [1.29, 1.82) is 0 Å². The molecule has 126 valence electrons. The lowest BCUT2D eigenvalue weighted by Crippen LogP contribution is -2.45. The van der Waals surface area contributed by atoms with Gasteiger partial charge in [-0.15, -0.1) is 10.2 Å². The first-order chi connectivity index (χ1) is 12.2. The van der Waals surface area contributed by atoms with Crippen LogP contribution in [-0.4, -0.2) is 32.2 Å². The summed E-state index contributed by atoms with van der Waals surface area (Å²) in [6.07, 6.45) is 2.68. The van der Waals surface area contributed by atoms with Crippen LogP contribution in [0.15, 0.2) is 54.6 Å². The molecule has 2 aromatic carbocycles. The monoisotopic (exact) mass is 333 g/mol. The number of tetrazole rings is 1. The van der Waals surface area contributed by atoms with Crippen molar-refractivity contribution in [3.63, 3.8) is 0 Å². The maximum Gasteiger partial charge on any atom is 0.300 e. The molecule has 2 heterocycles. The Hall–Kier alpha value is -3.02. The Labute approximate surface area is 146 Å². The second-order valence-electron chi connectivity index (χ2n) is 6.29. The molecule has 0 spiro atoms. The fraction of sp³-hybridized carbons (Fsp3) is 0.263. The number of aryl methyl sites for hydroxylation is 2. The SMILES string of the molecule is Cn1nnc(C(=O)N2c3ccccc3CCC2Cc2ccccc2)n1. The Kier molecular flexibility index (Phi) is 4.01. The molecule has 3 aromatic rings. The highest BCUT2D eigenvalue weighted by Crippen LogP contribution is 2.32. The Morgan fingerprint density at radius 1 is 1.12 bits per heavy atom. The summed E-state index contributed by atoms with van der Waals surface area (Å²) in [5.41, 5.74) is 3.35. The number of aromatic nitrogens is 4. The number of para-hydroxylation sites is 1. The fourth-order valence-corrected chi connectivity index (χ4v) is 3.44. The number of benzene rings is 2. The number of carbonyl (C=O) groups is 1. The summed E-state index contributed by atoms with van der Waals surface area (Å²) in [4.78, 5) is 16.3. The standard InChI is InChI=1S/C19H19N5O/c1-23-21-18(20-22-23)19(25)24-16(13-14-7-3-2-4-8-14)12-11-15-9-5-6-10-17(15)24/h2-10,16H,11-13H2,1H3. The average molecular weight is 333 g/mol. The van der Waals surface area contributed by atoms with Gasteiger partial charge in [0.2, 0.25) is 0 Å². The average Bonchev–Trinajstić information content (AvgIpc) is 3.08. The van der Waals surface area contributed by atoms with Gasteiger partial charge in [-0.3, -0.25) is 4.79 Å². The van der Waals surface area contributed by atoms with Crippen LogP contribution in [-0.2, 0) is 19.9 Å². The summed E-state index contributed by atoms with van der Waals surface area (Å²) in [7, 11) is 1.66. The Balaban J connectivity index is 1.72. The van der Waals surface area contributed by atoms with Crippen LogP contribution < -0.4 is 4.90 Å². The zero-order valence-electron chi connectivity index (χ0n) is 14.0. The van der Waals surface area contributed by atoms with Gasteiger partial charge in [0.1, 0.15) is 0 Å². The lowest BCUT2D eigenvalue weighted by atomic mass is 9.91. The van der Waals surface area contributed by atoms with Crippen LogP contribution in [0, 0.1) is 0 Å². The van der Waals surface area contributed by atoms with Crippen LogP contribution in [0.2, 0.25) is 0 Å². The molecule has 0 saturated heterocycles. The summed E-state index contributed by atoms with van der Waals surface area (Å²) in [5.74, 6) is -0.0570. The van der Waals surface area contributed by atoms with E-state index in [2.05, 4.69) is 33.6 Å². The lowest BCUT2D eigenvalue weighted by Gasteiger charge is -2.36. The van der Waals surface area contributed by atoms with E-state index >= 15 is 0 Å². The minimum absolute atomic E-state index is 0.0774. The van der Waals surface area contributed by atoms with E-state index in [0.717, 1.165) is 24.9 Å². The second kappa shape index (κ2) is 6.47. The summed E-state index contributed by atoms with van der Waals surface area (Å²) in [6, 6.07) is 18.4. The topological polar surface area (TPSA) is 63.9 Å². The third kappa shape index (κ3) is 3.03. The van der Waals surface area contributed by atoms with Gasteiger partial charge < -0.3 is 4.90 Å². The van der Waals surface area contributed by atoms with E-state index in [1.165, 1.54) is 15.9 Å². The lowest BCUT2D eigenvalue weighted by molar-refractivity contribution is 0.0962. The first-order valence-electron chi connectivity index (χ1n) is 8.42. The van der Waals surface area contributed by atoms with E-state index in [1.807, 2.05) is 41.3 Å². The van der Waals surface area contributed by atoms with Crippen molar-refractivity contribution in [2.75, 3.05) is 4.90 Å². The van der Waals surface area contributed by atoms with Gasteiger partial charge in [0.15, 0.2) is 0 Å². The van der Waals surface area contributed by atoms with Crippen molar-refractivity contribution in [2.24, 2.45) is 7.05 Å². The molecule has 25 heavy (non-hydrogen) atoms. The van der Waals surface area contributed by atoms with Crippen molar-refractivity contribution in [2.45, 2.75) is 25.3 Å². The van der Waals surface area contributed by atoms with Crippen LogP contribution in [0.25, 0.3) is 0 Å². The minimum atomic E-state index is -0.193. The Morgan fingerprint density at radius 3 is 2.64 bits per heavy atom. The molecular formula is C19H19N5O. The molecular weight excluding hydrogens is 314 g/mol. The smallest absolute Gasteiger partial charge is 0.300 e. The quantitative estimate of drug-likeness (QED) is 0.738. The first kappa shape index (κ1) is 15.5. The van der Waals surface area contributed by atoms with Crippen LogP contribution in [0.3, 0.4) is 0 Å². The molecule has 0 aliphatic carbocycles. The van der Waals surface area contributed by atoms with E-state index in [4.69, 9.17) is 0 Å². The van der Waals surface area contributed by atoms with Gasteiger partial charge in [0.25, 0.3) is 11.7 Å². The van der Waals surface area contributed by atoms with E-state index in [-0.39, 0.29) is 17.8 Å². The highest BCUT2D eigenvalue weighted by molar-refractivity contribution is 6.04. The number of fused-ring (bicyclic) bond motifs is 1. The molecule has 0 fully saturated rings. The first-order valence-corrected chi connectivity index (χ1v) is 8.42. The second-order valence-corrected chi connectivity index (χ2v) is 6.29. The molecule has 6 nitrogen and oxygen atoms in total. The van der Waals surface area contributed by atoms with Crippen molar-refractivity contribution in [1.82, 2.24) is 20.2 Å². The number of rotatable bonds is 3. The fourth-order valence-electron chi connectivity index (χ4n) is 3.44. The predicted octanol–water partition coefficient (Wildman–Crippen LogP) is 2.41. The third-order valence-corrected chi connectivity index (χ3v) is 4.60. The van der Waals surface area contributed by atoms with Gasteiger partial charge in [-0.2, -0.15) is 4.80 Å². The third-order valence-electron chi connectivity index (χ3n) is 4.60. The predicted molar refractivity (Wildman–Crippen MR) is 94.3 cm³/mol. The van der Waals surface area contributed by atoms with E-state index in [9.17, 15) is 4.79 Å². The maximum atomic E-state index is 13.1. The van der Waals surface area contributed by atoms with Gasteiger partial charge in [-0.05, 0) is 41.7 Å². The number of anilines is 1. The van der Waals surface area contributed by atoms with E-state index in [1.54, 1.807) is 7.05 Å². The molecule has 1 atom stereocenters. The van der Waals surface area contributed by atoms with E-state index < -0.39 is 0 Å². The molecule has 0 radical (unpaired) electrons. The van der Waals surface area contributed by atoms with Crippen LogP contribution in [0.4, 0.5) is 5.69 Å². The van der Waals surface area contributed by atoms with Gasteiger partial charge in [0.05, 0.1) is 7.05 Å². The molecule has 4 rings (SSSR count). The zero-order chi connectivity index (χ0) is 17.2. The molecule has 1 aliphatic heterocycles. The molecule has 0 bridgehead atoms. The molecule has 1 unspecified atom stereocenters. The van der Waals surface area contributed by atoms with Gasteiger partial charge in [0, 0.05) is 11.7 Å². The van der Waals surface area contributed by atoms with Crippen molar-refractivity contribution >= 4 is 11.6 Å². The normalized spacial score (nSPS) is 16.5. The molecule has 0 saturated carbocycles. The number of nitrogens with zero attached hydrogens (tertiary/aromatic N) is 5. The van der Waals surface area contributed by atoms with Crippen LogP contribution in [0.1, 0.15) is 28.2 Å². The summed E-state index contributed by atoms with van der Waals surface area (Å²) in [5, 5.41) is 11.8. The molecule has 1 aromatic heterocycles. The number of hydrogen-bond acceptors (Lipinski definition) is 4. The van der Waals surface area contributed by atoms with Crippen molar-refractivity contribution in [3.8, 4) is 0 Å². The van der Waals surface area contributed by atoms with Gasteiger partial charge >= 0.3 is 0 Å². The van der Waals surface area contributed by atoms with Crippen LogP contribution >= 0.6 is 0 Å². The van der Waals surface area contributed by atoms with Gasteiger partial charge in [-0.25, -0.2) is 0 Å². The molecule has 0 N–H and O–H groups in total. The largest absolute Gasteiger partial charge is 0.302 e. The highest BCUT2D eigenvalue weighted by atomic mass is 16.2. The highest BCUT2D eigenvalue weighted by Gasteiger charge is 2.33. The van der Waals surface area contributed by atoms with E-state index in [0.29, 0.717) is 0 Å². The minimum Gasteiger partial charge on any atom is -0.302 e. The molecule has 1 aliphatic rings. The number of carbonyl (C=O) groups excluding carboxylic acids is 1. The Bertz CT molecular complexity index is 890. The summed E-state index contributed by atoms with van der Waals surface area (Å²) in [6.45, 7) is 0. The van der Waals surface area contributed by atoms with Gasteiger partial charge in [-0.1, -0.05) is 48.5 Å². The maximum absolute atomic E-state index is 13.1.